The molecule has 3 aromatic rings. The molecule has 2 nitrogen and oxygen atoms in total. The Kier molecular flexibility index (Phi) is 7.58. The highest BCUT2D eigenvalue weighted by atomic mass is 19.1. The van der Waals surface area contributed by atoms with E-state index in [-0.39, 0.29) is 11.6 Å². The van der Waals surface area contributed by atoms with E-state index in [9.17, 15) is 8.78 Å². The van der Waals surface area contributed by atoms with E-state index in [0.717, 1.165) is 48.4 Å². The molecule has 0 spiro atoms. The van der Waals surface area contributed by atoms with Crippen LogP contribution in [0.3, 0.4) is 0 Å². The van der Waals surface area contributed by atoms with E-state index in [0.29, 0.717) is 5.92 Å². The van der Waals surface area contributed by atoms with Gasteiger partial charge in [0.2, 0.25) is 0 Å². The van der Waals surface area contributed by atoms with Crippen LogP contribution < -0.4 is 4.90 Å². The summed E-state index contributed by atoms with van der Waals surface area (Å²) in [7, 11) is 0. The van der Waals surface area contributed by atoms with Crippen molar-refractivity contribution in [2.75, 3.05) is 24.7 Å². The fourth-order valence-electron chi connectivity index (χ4n) is 5.72. The van der Waals surface area contributed by atoms with Crippen molar-refractivity contribution < 1.29 is 8.78 Å². The van der Waals surface area contributed by atoms with Gasteiger partial charge in [-0.1, -0.05) is 30.6 Å². The van der Waals surface area contributed by atoms with Crippen molar-refractivity contribution in [2.45, 2.75) is 34.1 Å². The lowest BCUT2D eigenvalue weighted by Crippen LogP contribution is -2.30. The molecule has 0 saturated carbocycles. The maximum atomic E-state index is 13.2. The Morgan fingerprint density at radius 1 is 0.692 bits per heavy atom. The fourth-order valence-corrected chi connectivity index (χ4v) is 5.72. The van der Waals surface area contributed by atoms with E-state index in [1.54, 1.807) is 24.3 Å². The van der Waals surface area contributed by atoms with Crippen molar-refractivity contribution in [3.05, 3.63) is 123 Å². The van der Waals surface area contributed by atoms with Crippen molar-refractivity contribution in [3.8, 4) is 23.7 Å². The SMILES string of the molecule is CC1=C(N2CCN(c3c(C)cc(C#Cc4ccc(F)cc4)cc3C)C2)[C@@H](C)CC(C#Cc2ccc(F)cc2)=C1. The zero-order valence-corrected chi connectivity index (χ0v) is 22.9. The van der Waals surface area contributed by atoms with Crippen molar-refractivity contribution in [1.29, 1.82) is 0 Å². The average molecular weight is 519 g/mol. The van der Waals surface area contributed by atoms with Crippen molar-refractivity contribution >= 4 is 5.69 Å². The fraction of sp³-hybridized carbons (Fsp3) is 0.257. The van der Waals surface area contributed by atoms with Crippen LogP contribution in [0.5, 0.6) is 0 Å². The Balaban J connectivity index is 1.31. The number of aryl methyl sites for hydroxylation is 2. The number of allylic oxidation sites excluding steroid dienone is 4. The van der Waals surface area contributed by atoms with Gasteiger partial charge in [0.25, 0.3) is 0 Å². The minimum Gasteiger partial charge on any atom is -0.355 e. The lowest BCUT2D eigenvalue weighted by molar-refractivity contribution is 0.365. The Morgan fingerprint density at radius 3 is 1.77 bits per heavy atom. The molecule has 196 valence electrons. The molecule has 1 aliphatic carbocycles. The highest BCUT2D eigenvalue weighted by Crippen LogP contribution is 2.35. The number of hydrogen-bond acceptors (Lipinski definition) is 2. The van der Waals surface area contributed by atoms with Gasteiger partial charge in [-0.05, 0) is 111 Å². The molecule has 0 radical (unpaired) electrons. The third kappa shape index (κ3) is 6.08. The molecule has 0 N–H and O–H groups in total. The number of hydrogen-bond donors (Lipinski definition) is 0. The van der Waals surface area contributed by atoms with Gasteiger partial charge in [-0.3, -0.25) is 0 Å². The van der Waals surface area contributed by atoms with Gasteiger partial charge in [0, 0.05) is 52.7 Å². The smallest absolute Gasteiger partial charge is 0.123 e. The van der Waals surface area contributed by atoms with Crippen LogP contribution >= 0.6 is 0 Å². The van der Waals surface area contributed by atoms with Crippen molar-refractivity contribution in [2.24, 2.45) is 5.92 Å². The summed E-state index contributed by atoms with van der Waals surface area (Å²) in [5, 5.41) is 0. The summed E-state index contributed by atoms with van der Waals surface area (Å²) in [5.41, 5.74) is 10.1. The molecule has 2 aliphatic rings. The maximum absolute atomic E-state index is 13.2. The van der Waals surface area contributed by atoms with Gasteiger partial charge in [0.05, 0.1) is 6.67 Å². The number of nitrogens with zero attached hydrogens (tertiary/aromatic N) is 2. The van der Waals surface area contributed by atoms with Gasteiger partial charge in [-0.25, -0.2) is 8.78 Å². The summed E-state index contributed by atoms with van der Waals surface area (Å²) in [4.78, 5) is 4.96. The molecule has 0 unspecified atom stereocenters. The minimum atomic E-state index is -0.253. The molecule has 1 aliphatic heterocycles. The van der Waals surface area contributed by atoms with Crippen LogP contribution in [0.2, 0.25) is 0 Å². The van der Waals surface area contributed by atoms with Crippen LogP contribution in [0.25, 0.3) is 0 Å². The minimum absolute atomic E-state index is 0.244. The van der Waals surface area contributed by atoms with Crippen LogP contribution in [-0.4, -0.2) is 24.7 Å². The monoisotopic (exact) mass is 518 g/mol. The quantitative estimate of drug-likeness (QED) is 0.327. The van der Waals surface area contributed by atoms with Gasteiger partial charge < -0.3 is 9.80 Å². The summed E-state index contributed by atoms with van der Waals surface area (Å²) in [6.45, 7) is 11.5. The summed E-state index contributed by atoms with van der Waals surface area (Å²) in [6.07, 6.45) is 3.11. The zero-order chi connectivity index (χ0) is 27.5. The van der Waals surface area contributed by atoms with Gasteiger partial charge >= 0.3 is 0 Å². The van der Waals surface area contributed by atoms with E-state index in [2.05, 4.69) is 79.4 Å². The topological polar surface area (TPSA) is 6.48 Å². The van der Waals surface area contributed by atoms with Crippen LogP contribution in [0.15, 0.2) is 83.6 Å². The predicted octanol–water partition coefficient (Wildman–Crippen LogP) is 7.35. The first-order chi connectivity index (χ1) is 18.8. The normalized spacial score (nSPS) is 16.9. The Labute approximate surface area is 230 Å². The summed E-state index contributed by atoms with van der Waals surface area (Å²) in [6, 6.07) is 16.9. The van der Waals surface area contributed by atoms with Gasteiger partial charge in [-0.2, -0.15) is 0 Å². The largest absolute Gasteiger partial charge is 0.355 e. The molecule has 4 heteroatoms. The first-order valence-corrected chi connectivity index (χ1v) is 13.3. The van der Waals surface area contributed by atoms with Crippen LogP contribution in [0, 0.1) is 55.1 Å². The van der Waals surface area contributed by atoms with E-state index < -0.39 is 0 Å². The molecule has 1 saturated heterocycles. The molecule has 0 bridgehead atoms. The average Bonchev–Trinajstić information content (AvgIpc) is 3.36. The number of halogens is 2. The highest BCUT2D eigenvalue weighted by Gasteiger charge is 2.29. The first-order valence-electron chi connectivity index (χ1n) is 13.3. The number of anilines is 1. The number of benzene rings is 3. The standard InChI is InChI=1S/C35H32F2N2/c1-24-19-30(7-5-28-9-13-32(36)14-10-28)20-25(2)34(24)38-17-18-39(23-38)35-26(3)21-31(22-27(35)4)8-6-29-11-15-33(37)16-12-29/h9-16,19-21,27H,17-18,22-23H2,1-4H3/t27-/m0/s1. The molecule has 1 heterocycles. The van der Waals surface area contributed by atoms with Crippen LogP contribution in [0.4, 0.5) is 14.5 Å². The molecule has 1 atom stereocenters. The van der Waals surface area contributed by atoms with Crippen LogP contribution in [-0.2, 0) is 0 Å². The van der Waals surface area contributed by atoms with Gasteiger partial charge in [-0.15, -0.1) is 0 Å². The lowest BCUT2D eigenvalue weighted by atomic mass is 9.88. The second-order valence-electron chi connectivity index (χ2n) is 10.5. The third-order valence-electron chi connectivity index (χ3n) is 7.32. The summed E-state index contributed by atoms with van der Waals surface area (Å²) >= 11 is 0. The molecule has 0 aromatic heterocycles. The first kappa shape index (κ1) is 26.3. The second kappa shape index (κ2) is 11.2. The molecule has 3 aromatic carbocycles. The highest BCUT2D eigenvalue weighted by molar-refractivity contribution is 5.63. The molecule has 1 fully saturated rings. The Bertz CT molecular complexity index is 1550. The predicted molar refractivity (Wildman–Crippen MR) is 155 cm³/mol. The third-order valence-corrected chi connectivity index (χ3v) is 7.32. The lowest BCUT2D eigenvalue weighted by Gasteiger charge is -2.32. The van der Waals surface area contributed by atoms with Gasteiger partial charge in [0.1, 0.15) is 11.6 Å². The van der Waals surface area contributed by atoms with Crippen LogP contribution in [0.1, 0.15) is 48.1 Å². The van der Waals surface area contributed by atoms with Crippen molar-refractivity contribution in [1.82, 2.24) is 4.90 Å². The van der Waals surface area contributed by atoms with E-state index >= 15 is 0 Å². The Hall–Kier alpha value is -4.28. The zero-order valence-electron chi connectivity index (χ0n) is 22.9. The van der Waals surface area contributed by atoms with E-state index in [1.165, 1.54) is 52.3 Å². The summed E-state index contributed by atoms with van der Waals surface area (Å²) < 4.78 is 26.4. The maximum Gasteiger partial charge on any atom is 0.123 e. The molecular weight excluding hydrogens is 486 g/mol. The summed E-state index contributed by atoms with van der Waals surface area (Å²) in [5.74, 6) is 12.7. The van der Waals surface area contributed by atoms with E-state index in [1.807, 2.05) is 0 Å². The second-order valence-corrected chi connectivity index (χ2v) is 10.5. The molecule has 0 amide bonds. The molecule has 39 heavy (non-hydrogen) atoms. The van der Waals surface area contributed by atoms with Crippen molar-refractivity contribution in [3.63, 3.8) is 0 Å². The number of rotatable bonds is 2. The van der Waals surface area contributed by atoms with Gasteiger partial charge in [0.15, 0.2) is 0 Å². The van der Waals surface area contributed by atoms with E-state index in [4.69, 9.17) is 0 Å². The molecule has 5 rings (SSSR count). The molecular formula is C35H32F2N2. The Morgan fingerprint density at radius 2 is 1.21 bits per heavy atom.